The Morgan fingerprint density at radius 3 is 1.47 bits per heavy atom. The zero-order valence-corrected chi connectivity index (χ0v) is 50.3. The third-order valence-corrected chi connectivity index (χ3v) is 14.6. The molecule has 10 atom stereocenters. The molecule has 17 N–H and O–H groups in total. The van der Waals surface area contributed by atoms with Crippen molar-refractivity contribution in [3.8, 4) is 11.5 Å². The van der Waals surface area contributed by atoms with Gasteiger partial charge in [0.2, 0.25) is 59.1 Å². The van der Waals surface area contributed by atoms with Crippen molar-refractivity contribution in [2.24, 2.45) is 5.73 Å². The molecular weight excluding hydrogens is 1220 g/mol. The Morgan fingerprint density at radius 1 is 0.511 bits per heavy atom. The first-order valence-corrected chi connectivity index (χ1v) is 29.3. The molecule has 10 amide bonds. The highest BCUT2D eigenvalue weighted by Crippen LogP contribution is 2.21. The molecule has 0 unspecified atom stereocenters. The van der Waals surface area contributed by atoms with Gasteiger partial charge in [-0.2, -0.15) is 25.3 Å². The van der Waals surface area contributed by atoms with Crippen molar-refractivity contribution in [1.82, 2.24) is 52.8 Å². The molecule has 0 aliphatic carbocycles. The van der Waals surface area contributed by atoms with E-state index >= 15 is 0 Å². The smallest absolute Gasteiger partial charge is 0.326 e. The van der Waals surface area contributed by atoms with Gasteiger partial charge in [-0.3, -0.25) is 62.3 Å². The zero-order valence-electron chi connectivity index (χ0n) is 48.5. The summed E-state index contributed by atoms with van der Waals surface area (Å²) in [5, 5.41) is 78.6. The van der Waals surface area contributed by atoms with Gasteiger partial charge in [-0.1, -0.05) is 54.6 Å². The highest BCUT2D eigenvalue weighted by atomic mass is 32.1. The van der Waals surface area contributed by atoms with E-state index in [4.69, 9.17) is 5.73 Å². The number of aliphatic carboxylic acids is 4. The predicted octanol–water partition coefficient (Wildman–Crippen LogP) is -3.39. The van der Waals surface area contributed by atoms with Crippen LogP contribution in [0.1, 0.15) is 68.6 Å². The number of carboxylic acids is 4. The van der Waals surface area contributed by atoms with Crippen LogP contribution in [0.15, 0.2) is 78.9 Å². The van der Waals surface area contributed by atoms with Gasteiger partial charge >= 0.3 is 23.9 Å². The molecule has 0 saturated carbocycles. The number of aromatic hydroxyl groups is 2. The number of hydrogen-bond acceptors (Lipinski definition) is 19. The number of nitrogens with zero attached hydrogens (tertiary/aromatic N) is 1. The average molecular weight is 1300 g/mol. The quantitative estimate of drug-likeness (QED) is 0.0252. The molecule has 33 heteroatoms. The molecule has 1 heterocycles. The van der Waals surface area contributed by atoms with Gasteiger partial charge in [0.05, 0.1) is 19.0 Å². The third kappa shape index (κ3) is 24.2. The topological polar surface area (TPSA) is 498 Å². The molecule has 4 rings (SSSR count). The van der Waals surface area contributed by atoms with Crippen molar-refractivity contribution < 1.29 is 97.8 Å². The van der Waals surface area contributed by atoms with Crippen LogP contribution in [0.3, 0.4) is 0 Å². The number of hydrogen-bond donors (Lipinski definition) is 18. The molecule has 1 aliphatic rings. The van der Waals surface area contributed by atoms with E-state index in [0.29, 0.717) is 16.7 Å². The van der Waals surface area contributed by atoms with Gasteiger partial charge in [0, 0.05) is 43.7 Å². The second-order valence-corrected chi connectivity index (χ2v) is 21.6. The van der Waals surface area contributed by atoms with Gasteiger partial charge < -0.3 is 89.1 Å². The molecule has 90 heavy (non-hydrogen) atoms. The fourth-order valence-electron chi connectivity index (χ4n) is 9.03. The van der Waals surface area contributed by atoms with Gasteiger partial charge in [0.15, 0.2) is 0 Å². The average Bonchev–Trinajstić information content (AvgIpc) is 4.06. The zero-order chi connectivity index (χ0) is 66.8. The molecule has 1 saturated heterocycles. The number of nitrogens with one attached hydrogen (secondary N) is 9. The maximum absolute atomic E-state index is 14.5. The molecule has 3 aromatic rings. The Labute approximate surface area is 525 Å². The highest BCUT2D eigenvalue weighted by Gasteiger charge is 2.41. The van der Waals surface area contributed by atoms with Crippen molar-refractivity contribution in [3.05, 3.63) is 95.6 Å². The third-order valence-electron chi connectivity index (χ3n) is 13.9. The van der Waals surface area contributed by atoms with Gasteiger partial charge in [-0.05, 0) is 80.0 Å². The van der Waals surface area contributed by atoms with E-state index in [0.717, 1.165) is 4.90 Å². The molecule has 1 fully saturated rings. The largest absolute Gasteiger partial charge is 0.508 e. The number of likely N-dealkylation sites (tertiary alicyclic amines) is 1. The Balaban J connectivity index is 1.43. The summed E-state index contributed by atoms with van der Waals surface area (Å²) in [6.07, 6.45) is -4.25. The van der Waals surface area contributed by atoms with E-state index in [2.05, 4.69) is 73.1 Å². The van der Waals surface area contributed by atoms with Crippen LogP contribution in [0.4, 0.5) is 0 Å². The van der Waals surface area contributed by atoms with Crippen molar-refractivity contribution in [1.29, 1.82) is 0 Å². The Bertz CT molecular complexity index is 3070. The van der Waals surface area contributed by atoms with Crippen LogP contribution in [0, 0.1) is 0 Å². The first-order valence-electron chi connectivity index (χ1n) is 28.0. The number of carboxylic acid groups (broad SMARTS) is 4. The van der Waals surface area contributed by atoms with Crippen molar-refractivity contribution in [2.75, 3.05) is 24.6 Å². The summed E-state index contributed by atoms with van der Waals surface area (Å²) >= 11 is 8.30. The summed E-state index contributed by atoms with van der Waals surface area (Å²) in [4.78, 5) is 185. The predicted molar refractivity (Wildman–Crippen MR) is 322 cm³/mol. The van der Waals surface area contributed by atoms with Crippen LogP contribution >= 0.6 is 25.3 Å². The van der Waals surface area contributed by atoms with Crippen LogP contribution in [0.25, 0.3) is 0 Å². The molecule has 0 radical (unpaired) electrons. The van der Waals surface area contributed by atoms with E-state index in [1.165, 1.54) is 43.3 Å². The van der Waals surface area contributed by atoms with Gasteiger partial charge in [-0.15, -0.1) is 0 Å². The van der Waals surface area contributed by atoms with E-state index < -0.39 is 182 Å². The summed E-state index contributed by atoms with van der Waals surface area (Å²) in [6, 6.07) is 4.56. The minimum Gasteiger partial charge on any atom is -0.508 e. The summed E-state index contributed by atoms with van der Waals surface area (Å²) in [5.74, 6) is -16.9. The molecule has 0 bridgehead atoms. The number of amides is 10. The van der Waals surface area contributed by atoms with Gasteiger partial charge in [0.25, 0.3) is 0 Å². The van der Waals surface area contributed by atoms with Crippen molar-refractivity contribution in [2.45, 2.75) is 132 Å². The Morgan fingerprint density at radius 2 is 0.956 bits per heavy atom. The summed E-state index contributed by atoms with van der Waals surface area (Å²) < 4.78 is 0. The number of phenolic OH excluding ortho intramolecular Hbond substituents is 2. The second kappa shape index (κ2) is 36.1. The second-order valence-electron chi connectivity index (χ2n) is 20.8. The molecular formula is C57H73N11O20S2. The summed E-state index contributed by atoms with van der Waals surface area (Å²) in [5.41, 5.74) is 7.76. The molecule has 3 aromatic carbocycles. The lowest BCUT2D eigenvalue weighted by Crippen LogP contribution is -2.60. The lowest BCUT2D eigenvalue weighted by molar-refractivity contribution is -0.144. The van der Waals surface area contributed by atoms with Crippen LogP contribution in [0.5, 0.6) is 11.5 Å². The van der Waals surface area contributed by atoms with E-state index in [1.54, 1.807) is 42.5 Å². The molecule has 31 nitrogen and oxygen atoms in total. The van der Waals surface area contributed by atoms with E-state index in [9.17, 15) is 97.8 Å². The Hall–Kier alpha value is -9.50. The monoisotopic (exact) mass is 1300 g/mol. The molecule has 1 aliphatic heterocycles. The van der Waals surface area contributed by atoms with Crippen molar-refractivity contribution in [3.63, 3.8) is 0 Å². The van der Waals surface area contributed by atoms with Gasteiger partial charge in [-0.25, -0.2) is 4.79 Å². The number of thiol groups is 2. The molecule has 0 spiro atoms. The Kier molecular flexibility index (Phi) is 29.3. The number of carbonyl (C=O) groups excluding carboxylic acids is 10. The van der Waals surface area contributed by atoms with Crippen LogP contribution in [-0.2, 0) is 86.4 Å². The number of benzene rings is 3. The van der Waals surface area contributed by atoms with Gasteiger partial charge in [0.1, 0.15) is 65.9 Å². The summed E-state index contributed by atoms with van der Waals surface area (Å²) in [7, 11) is 0. The number of rotatable bonds is 36. The van der Waals surface area contributed by atoms with Crippen LogP contribution in [-0.4, -0.2) is 204 Å². The number of nitrogens with two attached hydrogens (primary N) is 1. The number of phenols is 2. The molecule has 488 valence electrons. The van der Waals surface area contributed by atoms with Crippen molar-refractivity contribution >= 4 is 108 Å². The SMILES string of the molecule is C[C@H](NC(=O)CNC(=O)[C@H](CCC(=O)O)NC(=O)[C@H](CCC(=O)O)NC(=O)[C@H](CC(=O)O)NC(=O)[C@@H]1CCCN1C(=O)[C@H](Cc1ccccc1)NC(=O)[C@H](CS)NC(=O)[C@@H](N)Cc1ccc(O)cc1)C(=O)N[C@@H](CS)C(=O)N[C@@H](Cc1ccc(O)cc1)C(=O)O. The maximum atomic E-state index is 14.5. The fraction of sp³-hybridized carbons (Fsp3) is 0.439. The first kappa shape index (κ1) is 73.0. The lowest BCUT2D eigenvalue weighted by Gasteiger charge is -2.31. The highest BCUT2D eigenvalue weighted by molar-refractivity contribution is 7.80. The van der Waals surface area contributed by atoms with Crippen LogP contribution < -0.4 is 53.6 Å². The minimum absolute atomic E-state index is 0.00414. The first-order chi connectivity index (χ1) is 42.6. The van der Waals surface area contributed by atoms with Crippen LogP contribution in [0.2, 0.25) is 0 Å². The minimum atomic E-state index is -2.02. The number of carbonyl (C=O) groups is 14. The maximum Gasteiger partial charge on any atom is 0.326 e. The summed E-state index contributed by atoms with van der Waals surface area (Å²) in [6.45, 7) is 0.208. The van der Waals surface area contributed by atoms with E-state index in [1.807, 2.05) is 0 Å². The standard InChI is InChI=1S/C57H73N11O20S2/c1-29(48(78)66-41(27-89)54(84)65-40(57(87)88)24-32-11-15-34(70)16-12-32)60-44(71)26-59-50(80)36(17-19-45(72)73)61-51(81)37(18-20-46(74)75)62-52(82)38(25-47(76)77)63-55(85)43-8-5-21-68(43)56(86)39(23-30-6-3-2-4-7-30)64-53(83)42(28-90)67-49(79)35(58)22-31-9-13-33(69)14-10-31/h2-4,6-7,9-16,29,35-43,69-70,89-90H,5,8,17-28,58H2,1H3,(H,59,80)(H,60,71)(H,61,81)(H,62,82)(H,63,85)(H,64,83)(H,65,84)(H,66,78)(H,67,79)(H,72,73)(H,74,75)(H,76,77)(H,87,88)/t29-,35-,36-,37-,38-,39-,40-,41-,42-,43-/m0/s1. The fourth-order valence-corrected chi connectivity index (χ4v) is 9.54. The lowest BCUT2D eigenvalue weighted by atomic mass is 10.0. The van der Waals surface area contributed by atoms with E-state index in [-0.39, 0.29) is 61.7 Å². The normalized spacial score (nSPS) is 15.6. The molecule has 0 aromatic heterocycles.